The van der Waals surface area contributed by atoms with E-state index in [0.29, 0.717) is 19.1 Å². The van der Waals surface area contributed by atoms with Gasteiger partial charge in [0, 0.05) is 32.2 Å². The lowest BCUT2D eigenvalue weighted by Gasteiger charge is -2.29. The Hall–Kier alpha value is -0.980. The molecule has 0 bridgehead atoms. The maximum Gasteiger partial charge on any atom is 0.147 e. The number of hydrogen-bond acceptors (Lipinski definition) is 5. The van der Waals surface area contributed by atoms with Gasteiger partial charge in [-0.1, -0.05) is 13.8 Å². The van der Waals surface area contributed by atoms with Crippen LogP contribution >= 0.6 is 0 Å². The minimum atomic E-state index is -0.327. The van der Waals surface area contributed by atoms with Crippen LogP contribution in [0.25, 0.3) is 0 Å². The first-order chi connectivity index (χ1) is 8.15. The van der Waals surface area contributed by atoms with Crippen LogP contribution in [0.4, 0.5) is 0 Å². The van der Waals surface area contributed by atoms with Gasteiger partial charge in [-0.2, -0.15) is 0 Å². The van der Waals surface area contributed by atoms with E-state index in [1.807, 2.05) is 0 Å². The predicted octanol–water partition coefficient (Wildman–Crippen LogP) is -0.547. The van der Waals surface area contributed by atoms with E-state index in [0.717, 1.165) is 25.5 Å². The normalized spacial score (nSPS) is 18.4. The highest BCUT2D eigenvalue weighted by atomic mass is 16.3. The largest absolute Gasteiger partial charge is 0.390 e. The molecule has 2 N–H and O–H groups in total. The van der Waals surface area contributed by atoms with Crippen LogP contribution in [0.1, 0.15) is 19.7 Å². The number of aromatic nitrogens is 3. The second kappa shape index (κ2) is 5.57. The van der Waals surface area contributed by atoms with Crippen LogP contribution in [0.5, 0.6) is 0 Å². The summed E-state index contributed by atoms with van der Waals surface area (Å²) < 4.78 is 2.06. The molecule has 0 saturated heterocycles. The van der Waals surface area contributed by atoms with Gasteiger partial charge in [-0.05, 0) is 0 Å². The Morgan fingerprint density at radius 1 is 1.47 bits per heavy atom. The van der Waals surface area contributed by atoms with Crippen LogP contribution in [-0.4, -0.2) is 56.6 Å². The highest BCUT2D eigenvalue weighted by Gasteiger charge is 2.19. The molecular formula is C11H21N5O. The lowest BCUT2D eigenvalue weighted by molar-refractivity contribution is 0.0938. The van der Waals surface area contributed by atoms with E-state index in [1.165, 1.54) is 0 Å². The molecule has 0 spiro atoms. The summed E-state index contributed by atoms with van der Waals surface area (Å²) in [5.74, 6) is 0.986. The molecule has 1 aromatic rings. The van der Waals surface area contributed by atoms with Crippen molar-refractivity contribution in [2.45, 2.75) is 39.1 Å². The summed E-state index contributed by atoms with van der Waals surface area (Å²) in [4.78, 5) is 2.22. The average Bonchev–Trinajstić information content (AvgIpc) is 2.73. The molecule has 96 valence electrons. The second-order valence-corrected chi connectivity index (χ2v) is 4.89. The topological polar surface area (TPSA) is 66.2 Å². The Labute approximate surface area is 102 Å². The summed E-state index contributed by atoms with van der Waals surface area (Å²) in [6.07, 6.45) is 1.44. The van der Waals surface area contributed by atoms with E-state index in [9.17, 15) is 5.11 Å². The lowest BCUT2D eigenvalue weighted by atomic mass is 10.2. The summed E-state index contributed by atoms with van der Waals surface area (Å²) in [5, 5.41) is 21.1. The third-order valence-corrected chi connectivity index (χ3v) is 2.95. The number of rotatable bonds is 5. The fourth-order valence-corrected chi connectivity index (χ4v) is 2.01. The Balaban J connectivity index is 1.77. The summed E-state index contributed by atoms with van der Waals surface area (Å²) in [7, 11) is 0. The molecule has 1 aliphatic rings. The monoisotopic (exact) mass is 239 g/mol. The van der Waals surface area contributed by atoms with Crippen molar-refractivity contribution in [3.63, 3.8) is 0 Å². The summed E-state index contributed by atoms with van der Waals surface area (Å²) in [6.45, 7) is 8.12. The van der Waals surface area contributed by atoms with Crippen molar-refractivity contribution >= 4 is 0 Å². The minimum Gasteiger partial charge on any atom is -0.390 e. The van der Waals surface area contributed by atoms with Crippen molar-refractivity contribution in [3.8, 4) is 0 Å². The van der Waals surface area contributed by atoms with Crippen molar-refractivity contribution in [2.75, 3.05) is 19.6 Å². The van der Waals surface area contributed by atoms with E-state index in [1.54, 1.807) is 6.33 Å². The molecule has 1 aliphatic heterocycles. The summed E-state index contributed by atoms with van der Waals surface area (Å²) >= 11 is 0. The molecule has 0 aliphatic carbocycles. The number of nitrogens with one attached hydrogen (secondary N) is 1. The van der Waals surface area contributed by atoms with Crippen molar-refractivity contribution < 1.29 is 5.11 Å². The molecule has 0 amide bonds. The van der Waals surface area contributed by atoms with Crippen molar-refractivity contribution in [3.05, 3.63) is 12.2 Å². The Morgan fingerprint density at radius 3 is 3.06 bits per heavy atom. The van der Waals surface area contributed by atoms with Crippen LogP contribution < -0.4 is 5.32 Å². The molecule has 6 heteroatoms. The molecule has 1 aromatic heterocycles. The van der Waals surface area contributed by atoms with Crippen molar-refractivity contribution in [2.24, 2.45) is 0 Å². The average molecular weight is 239 g/mol. The van der Waals surface area contributed by atoms with Crippen LogP contribution in [0.15, 0.2) is 6.33 Å². The van der Waals surface area contributed by atoms with Crippen molar-refractivity contribution in [1.82, 2.24) is 25.0 Å². The molecule has 0 radical (unpaired) electrons. The first-order valence-electron chi connectivity index (χ1n) is 6.15. The van der Waals surface area contributed by atoms with Gasteiger partial charge in [0.2, 0.25) is 0 Å². The molecule has 2 rings (SSSR count). The number of β-amino-alcohol motifs (C(OH)–C–C–N with tert-alkyl or cyclic N) is 1. The zero-order valence-corrected chi connectivity index (χ0v) is 10.5. The lowest BCUT2D eigenvalue weighted by Crippen LogP contribution is -2.43. The van der Waals surface area contributed by atoms with Crippen LogP contribution in [0, 0.1) is 0 Å². The Morgan fingerprint density at radius 2 is 2.29 bits per heavy atom. The van der Waals surface area contributed by atoms with Gasteiger partial charge in [-0.25, -0.2) is 0 Å². The zero-order valence-electron chi connectivity index (χ0n) is 10.5. The third-order valence-electron chi connectivity index (χ3n) is 2.95. The fourth-order valence-electron chi connectivity index (χ4n) is 2.01. The Kier molecular flexibility index (Phi) is 4.09. The Bertz CT molecular complexity index is 351. The van der Waals surface area contributed by atoms with Gasteiger partial charge < -0.3 is 15.0 Å². The molecule has 1 unspecified atom stereocenters. The molecule has 0 fully saturated rings. The summed E-state index contributed by atoms with van der Waals surface area (Å²) in [5.41, 5.74) is 0. The number of aliphatic hydroxyl groups is 1. The van der Waals surface area contributed by atoms with Gasteiger partial charge in [-0.3, -0.25) is 4.90 Å². The second-order valence-electron chi connectivity index (χ2n) is 4.89. The van der Waals surface area contributed by atoms with Gasteiger partial charge in [0.25, 0.3) is 0 Å². The van der Waals surface area contributed by atoms with Gasteiger partial charge in [-0.15, -0.1) is 10.2 Å². The molecule has 1 atom stereocenters. The highest BCUT2D eigenvalue weighted by molar-refractivity contribution is 4.90. The summed E-state index contributed by atoms with van der Waals surface area (Å²) in [6, 6.07) is 0.411. The van der Waals surface area contributed by atoms with Crippen LogP contribution in [0.2, 0.25) is 0 Å². The van der Waals surface area contributed by atoms with E-state index < -0.39 is 0 Å². The van der Waals surface area contributed by atoms with E-state index in [4.69, 9.17) is 0 Å². The molecule has 6 nitrogen and oxygen atoms in total. The number of nitrogens with zero attached hydrogens (tertiary/aromatic N) is 4. The van der Waals surface area contributed by atoms with Crippen molar-refractivity contribution in [1.29, 1.82) is 0 Å². The minimum absolute atomic E-state index is 0.327. The fraction of sp³-hybridized carbons (Fsp3) is 0.818. The SMILES string of the molecule is CC(C)NCC(O)CN1CCn2cnnc2C1. The maximum atomic E-state index is 9.90. The number of aliphatic hydroxyl groups excluding tert-OH is 1. The van der Waals surface area contributed by atoms with Crippen LogP contribution in [-0.2, 0) is 13.1 Å². The van der Waals surface area contributed by atoms with Gasteiger partial charge in [0.05, 0.1) is 12.6 Å². The van der Waals surface area contributed by atoms with Crippen LogP contribution in [0.3, 0.4) is 0 Å². The number of hydrogen-bond donors (Lipinski definition) is 2. The van der Waals surface area contributed by atoms with Gasteiger partial charge in [0.15, 0.2) is 0 Å². The molecule has 0 saturated carbocycles. The van der Waals surface area contributed by atoms with E-state index in [2.05, 4.69) is 38.8 Å². The van der Waals surface area contributed by atoms with E-state index >= 15 is 0 Å². The molecule has 17 heavy (non-hydrogen) atoms. The molecular weight excluding hydrogens is 218 g/mol. The quantitative estimate of drug-likeness (QED) is 0.722. The standard InChI is InChI=1S/C11H21N5O/c1-9(2)12-5-10(17)6-15-3-4-16-8-13-14-11(16)7-15/h8-10,12,17H,3-7H2,1-2H3. The van der Waals surface area contributed by atoms with Gasteiger partial charge >= 0.3 is 0 Å². The zero-order chi connectivity index (χ0) is 12.3. The third kappa shape index (κ3) is 3.49. The van der Waals surface area contributed by atoms with E-state index in [-0.39, 0.29) is 6.10 Å². The molecule has 2 heterocycles. The molecule has 0 aromatic carbocycles. The maximum absolute atomic E-state index is 9.90. The first-order valence-corrected chi connectivity index (χ1v) is 6.15. The first kappa shape index (κ1) is 12.5. The smallest absolute Gasteiger partial charge is 0.147 e. The number of fused-ring (bicyclic) bond motifs is 1. The van der Waals surface area contributed by atoms with Gasteiger partial charge in [0.1, 0.15) is 12.2 Å². The highest BCUT2D eigenvalue weighted by Crippen LogP contribution is 2.09. The predicted molar refractivity (Wildman–Crippen MR) is 64.4 cm³/mol.